The Morgan fingerprint density at radius 1 is 1.47 bits per heavy atom. The molecule has 1 rings (SSSR count). The van der Waals surface area contributed by atoms with Gasteiger partial charge in [0.25, 0.3) is 6.29 Å². The molecule has 0 radical (unpaired) electrons. The van der Waals surface area contributed by atoms with Crippen LogP contribution in [0.4, 0.5) is 0 Å². The van der Waals surface area contributed by atoms with Crippen molar-refractivity contribution in [1.29, 1.82) is 0 Å². The lowest BCUT2D eigenvalue weighted by Crippen LogP contribution is -2.20. The van der Waals surface area contributed by atoms with Gasteiger partial charge in [0.05, 0.1) is 5.56 Å². The highest BCUT2D eigenvalue weighted by Crippen LogP contribution is 2.15. The van der Waals surface area contributed by atoms with Crippen molar-refractivity contribution in [1.82, 2.24) is 0 Å². The van der Waals surface area contributed by atoms with Crippen LogP contribution in [0.3, 0.4) is 0 Å². The Hall–Kier alpha value is -2.30. The third kappa shape index (κ3) is 3.98. The van der Waals surface area contributed by atoms with Gasteiger partial charge >= 0.3 is 11.9 Å². The highest BCUT2D eigenvalue weighted by Gasteiger charge is 2.10. The van der Waals surface area contributed by atoms with Crippen LogP contribution >= 0.6 is 0 Å². The van der Waals surface area contributed by atoms with Crippen LogP contribution in [0, 0.1) is 0 Å². The van der Waals surface area contributed by atoms with Crippen molar-refractivity contribution in [3.05, 3.63) is 42.5 Å². The maximum atomic E-state index is 10.7. The molecule has 1 aromatic carbocycles. The summed E-state index contributed by atoms with van der Waals surface area (Å²) in [5.74, 6) is -1.28. The first-order valence-corrected chi connectivity index (χ1v) is 4.82. The molecule has 0 aliphatic heterocycles. The molecule has 0 aliphatic rings. The maximum absolute atomic E-state index is 10.7. The Morgan fingerprint density at radius 2 is 2.18 bits per heavy atom. The number of rotatable bonds is 5. The van der Waals surface area contributed by atoms with Gasteiger partial charge in [0.1, 0.15) is 5.75 Å². The standard InChI is InChI=1S/C12H12O5/c1-3-11(16-8(2)13)17-10-6-4-5-9(7-10)12(14)15/h3-7,11H,1H2,2H3,(H,14,15)/t11-/m1/s1. The number of aromatic carboxylic acids is 1. The van der Waals surface area contributed by atoms with E-state index in [-0.39, 0.29) is 11.3 Å². The van der Waals surface area contributed by atoms with Gasteiger partial charge in [-0.3, -0.25) is 4.79 Å². The summed E-state index contributed by atoms with van der Waals surface area (Å²) >= 11 is 0. The van der Waals surface area contributed by atoms with Crippen molar-refractivity contribution in [3.63, 3.8) is 0 Å². The molecule has 0 bridgehead atoms. The fraction of sp³-hybridized carbons (Fsp3) is 0.167. The van der Waals surface area contributed by atoms with E-state index in [1.54, 1.807) is 6.07 Å². The lowest BCUT2D eigenvalue weighted by atomic mass is 10.2. The second kappa shape index (κ2) is 5.69. The molecule has 0 spiro atoms. The van der Waals surface area contributed by atoms with Gasteiger partial charge in [-0.25, -0.2) is 4.79 Å². The highest BCUT2D eigenvalue weighted by molar-refractivity contribution is 5.88. The van der Waals surface area contributed by atoms with Gasteiger partial charge in [0, 0.05) is 6.92 Å². The number of hydrogen-bond donors (Lipinski definition) is 1. The zero-order valence-corrected chi connectivity index (χ0v) is 9.25. The van der Waals surface area contributed by atoms with E-state index < -0.39 is 18.2 Å². The number of benzene rings is 1. The largest absolute Gasteiger partial charge is 0.478 e. The first kappa shape index (κ1) is 12.8. The number of carboxylic acid groups (broad SMARTS) is 1. The van der Waals surface area contributed by atoms with E-state index in [0.29, 0.717) is 0 Å². The Balaban J connectivity index is 2.79. The van der Waals surface area contributed by atoms with Crippen molar-refractivity contribution >= 4 is 11.9 Å². The highest BCUT2D eigenvalue weighted by atomic mass is 16.7. The van der Waals surface area contributed by atoms with Gasteiger partial charge in [-0.05, 0) is 24.3 Å². The van der Waals surface area contributed by atoms with Crippen LogP contribution in [0.1, 0.15) is 17.3 Å². The molecule has 0 aliphatic carbocycles. The molecule has 5 heteroatoms. The monoisotopic (exact) mass is 236 g/mol. The second-order valence-electron chi connectivity index (χ2n) is 3.16. The van der Waals surface area contributed by atoms with Crippen LogP contribution in [0.5, 0.6) is 5.75 Å². The van der Waals surface area contributed by atoms with Crippen LogP contribution < -0.4 is 4.74 Å². The smallest absolute Gasteiger partial charge is 0.335 e. The number of carbonyl (C=O) groups is 2. The predicted octanol–water partition coefficient (Wildman–Crippen LogP) is 1.84. The summed E-state index contributed by atoms with van der Waals surface area (Å²) < 4.78 is 10.0. The first-order valence-electron chi connectivity index (χ1n) is 4.82. The van der Waals surface area contributed by atoms with Crippen molar-refractivity contribution < 1.29 is 24.2 Å². The Labute approximate surface area is 98.3 Å². The molecular weight excluding hydrogens is 224 g/mol. The third-order valence-electron chi connectivity index (χ3n) is 1.81. The first-order chi connectivity index (χ1) is 8.02. The molecule has 0 saturated heterocycles. The quantitative estimate of drug-likeness (QED) is 0.479. The van der Waals surface area contributed by atoms with E-state index in [2.05, 4.69) is 6.58 Å². The lowest BCUT2D eigenvalue weighted by Gasteiger charge is -2.15. The van der Waals surface area contributed by atoms with Gasteiger partial charge in [-0.15, -0.1) is 0 Å². The predicted molar refractivity (Wildman–Crippen MR) is 59.8 cm³/mol. The van der Waals surface area contributed by atoms with E-state index in [1.165, 1.54) is 31.2 Å². The lowest BCUT2D eigenvalue weighted by molar-refractivity contribution is -0.155. The van der Waals surface area contributed by atoms with Crippen LogP contribution in [-0.2, 0) is 9.53 Å². The second-order valence-corrected chi connectivity index (χ2v) is 3.16. The minimum Gasteiger partial charge on any atom is -0.478 e. The molecule has 1 atom stereocenters. The summed E-state index contributed by atoms with van der Waals surface area (Å²) in [5.41, 5.74) is 0.0909. The van der Waals surface area contributed by atoms with Crippen LogP contribution in [0.25, 0.3) is 0 Å². The molecular formula is C12H12O5. The van der Waals surface area contributed by atoms with Gasteiger partial charge in [0.15, 0.2) is 0 Å². The van der Waals surface area contributed by atoms with Gasteiger partial charge in [-0.1, -0.05) is 12.6 Å². The van der Waals surface area contributed by atoms with Gasteiger partial charge in [0.2, 0.25) is 0 Å². The topological polar surface area (TPSA) is 72.8 Å². The Bertz CT molecular complexity index is 438. The minimum absolute atomic E-state index is 0.0909. The van der Waals surface area contributed by atoms with Gasteiger partial charge < -0.3 is 14.6 Å². The van der Waals surface area contributed by atoms with Crippen LogP contribution in [-0.4, -0.2) is 23.3 Å². The van der Waals surface area contributed by atoms with E-state index in [1.807, 2.05) is 0 Å². The summed E-state index contributed by atoms with van der Waals surface area (Å²) in [6.45, 7) is 4.69. The summed E-state index contributed by atoms with van der Waals surface area (Å²) in [6.07, 6.45) is 0.367. The zero-order chi connectivity index (χ0) is 12.8. The summed E-state index contributed by atoms with van der Waals surface area (Å²) in [4.78, 5) is 21.5. The maximum Gasteiger partial charge on any atom is 0.335 e. The number of hydrogen-bond acceptors (Lipinski definition) is 4. The van der Waals surface area contributed by atoms with Crippen LogP contribution in [0.2, 0.25) is 0 Å². The summed E-state index contributed by atoms with van der Waals surface area (Å²) in [5, 5.41) is 8.78. The van der Waals surface area contributed by atoms with Crippen molar-refractivity contribution in [2.75, 3.05) is 0 Å². The van der Waals surface area contributed by atoms with Gasteiger partial charge in [-0.2, -0.15) is 0 Å². The fourth-order valence-electron chi connectivity index (χ4n) is 1.12. The normalized spacial score (nSPS) is 11.4. The molecule has 0 fully saturated rings. The molecule has 90 valence electrons. The molecule has 5 nitrogen and oxygen atoms in total. The summed E-state index contributed by atoms with van der Waals surface area (Å²) in [7, 11) is 0. The summed E-state index contributed by atoms with van der Waals surface area (Å²) in [6, 6.07) is 5.87. The molecule has 0 saturated carbocycles. The molecule has 0 unspecified atom stereocenters. The third-order valence-corrected chi connectivity index (χ3v) is 1.81. The molecule has 1 N–H and O–H groups in total. The number of ether oxygens (including phenoxy) is 2. The Kier molecular flexibility index (Phi) is 4.28. The number of carbonyl (C=O) groups excluding carboxylic acids is 1. The fourth-order valence-corrected chi connectivity index (χ4v) is 1.12. The molecule has 17 heavy (non-hydrogen) atoms. The van der Waals surface area contributed by atoms with E-state index >= 15 is 0 Å². The van der Waals surface area contributed by atoms with E-state index in [4.69, 9.17) is 14.6 Å². The molecule has 0 heterocycles. The van der Waals surface area contributed by atoms with Crippen molar-refractivity contribution in [3.8, 4) is 5.75 Å². The number of esters is 1. The van der Waals surface area contributed by atoms with Crippen LogP contribution in [0.15, 0.2) is 36.9 Å². The Morgan fingerprint density at radius 3 is 2.71 bits per heavy atom. The SMILES string of the molecule is C=C[C@H](OC(C)=O)Oc1cccc(C(=O)O)c1. The van der Waals surface area contributed by atoms with Crippen molar-refractivity contribution in [2.45, 2.75) is 13.2 Å². The average Bonchev–Trinajstić information content (AvgIpc) is 2.28. The van der Waals surface area contributed by atoms with E-state index in [9.17, 15) is 9.59 Å². The molecule has 0 amide bonds. The average molecular weight is 236 g/mol. The molecule has 0 aromatic heterocycles. The zero-order valence-electron chi connectivity index (χ0n) is 9.25. The molecule has 1 aromatic rings. The van der Waals surface area contributed by atoms with E-state index in [0.717, 1.165) is 0 Å². The minimum atomic E-state index is -1.06. The van der Waals surface area contributed by atoms with Crippen molar-refractivity contribution in [2.24, 2.45) is 0 Å². The number of carboxylic acids is 1.